The minimum atomic E-state index is -1.25. The average Bonchev–Trinajstić information content (AvgIpc) is 2.70. The topological polar surface area (TPSA) is 108 Å². The second-order valence-electron chi connectivity index (χ2n) is 6.04. The molecule has 0 fully saturated rings. The Hall–Kier alpha value is -4.07. The number of halogens is 1. The van der Waals surface area contributed by atoms with Crippen LogP contribution >= 0.6 is 0 Å². The van der Waals surface area contributed by atoms with E-state index in [0.717, 1.165) is 0 Å². The standard InChI is InChI=1S/C21H17FN2O5/c1-29-15-8-6-14(7-9-15)24-19-11-16(20(25)26)18(10-17(19)21(27)28)23-13-4-2-12(22)3-5-13/h2-11,23-24H,1H3,(H,25,26)(H,27,28). The summed E-state index contributed by atoms with van der Waals surface area (Å²) in [5.41, 5.74) is 0.891. The van der Waals surface area contributed by atoms with Gasteiger partial charge in [-0.05, 0) is 60.7 Å². The number of ether oxygens (including phenoxy) is 1. The van der Waals surface area contributed by atoms with Gasteiger partial charge in [0.1, 0.15) is 11.6 Å². The fraction of sp³-hybridized carbons (Fsp3) is 0.0476. The molecule has 0 radical (unpaired) electrons. The highest BCUT2D eigenvalue weighted by Crippen LogP contribution is 2.31. The van der Waals surface area contributed by atoms with Crippen molar-refractivity contribution < 1.29 is 28.9 Å². The van der Waals surface area contributed by atoms with Gasteiger partial charge in [0, 0.05) is 11.4 Å². The molecule has 3 aromatic rings. The lowest BCUT2D eigenvalue weighted by atomic mass is 10.0. The monoisotopic (exact) mass is 396 g/mol. The van der Waals surface area contributed by atoms with Crippen LogP contribution in [0, 0.1) is 5.82 Å². The molecule has 3 aromatic carbocycles. The fourth-order valence-electron chi connectivity index (χ4n) is 2.68. The van der Waals surface area contributed by atoms with Crippen LogP contribution in [0.1, 0.15) is 20.7 Å². The van der Waals surface area contributed by atoms with E-state index in [1.807, 2.05) is 0 Å². The highest BCUT2D eigenvalue weighted by molar-refractivity contribution is 6.03. The van der Waals surface area contributed by atoms with E-state index in [1.165, 1.54) is 43.5 Å². The third kappa shape index (κ3) is 4.62. The number of anilines is 4. The van der Waals surface area contributed by atoms with Crippen molar-refractivity contribution in [3.63, 3.8) is 0 Å². The third-order valence-corrected chi connectivity index (χ3v) is 4.11. The molecular weight excluding hydrogens is 379 g/mol. The number of benzene rings is 3. The molecule has 0 aromatic heterocycles. The molecule has 0 spiro atoms. The second kappa shape index (κ2) is 8.30. The Bertz CT molecular complexity index is 1050. The van der Waals surface area contributed by atoms with Crippen molar-refractivity contribution >= 4 is 34.7 Å². The number of methoxy groups -OCH3 is 1. The zero-order valence-corrected chi connectivity index (χ0v) is 15.3. The van der Waals surface area contributed by atoms with Gasteiger partial charge in [0.25, 0.3) is 0 Å². The molecule has 0 amide bonds. The smallest absolute Gasteiger partial charge is 0.337 e. The summed E-state index contributed by atoms with van der Waals surface area (Å²) in [6.45, 7) is 0. The van der Waals surface area contributed by atoms with Crippen LogP contribution in [0.3, 0.4) is 0 Å². The summed E-state index contributed by atoms with van der Waals surface area (Å²) in [6, 6.07) is 14.4. The van der Waals surface area contributed by atoms with E-state index in [4.69, 9.17) is 4.74 Å². The number of rotatable bonds is 7. The molecule has 0 unspecified atom stereocenters. The summed E-state index contributed by atoms with van der Waals surface area (Å²) in [4.78, 5) is 23.5. The molecule has 0 aliphatic heterocycles. The van der Waals surface area contributed by atoms with Crippen LogP contribution in [-0.2, 0) is 0 Å². The molecule has 7 nitrogen and oxygen atoms in total. The largest absolute Gasteiger partial charge is 0.497 e. The predicted molar refractivity (Wildman–Crippen MR) is 106 cm³/mol. The van der Waals surface area contributed by atoms with Crippen molar-refractivity contribution in [1.29, 1.82) is 0 Å². The van der Waals surface area contributed by atoms with Gasteiger partial charge in [-0.1, -0.05) is 0 Å². The summed E-state index contributed by atoms with van der Waals surface area (Å²) in [7, 11) is 1.52. The first-order valence-corrected chi connectivity index (χ1v) is 8.45. The van der Waals surface area contributed by atoms with Crippen LogP contribution < -0.4 is 15.4 Å². The molecule has 0 saturated carbocycles. The SMILES string of the molecule is COc1ccc(Nc2cc(C(=O)O)c(Nc3ccc(F)cc3)cc2C(=O)O)cc1. The first kappa shape index (κ1) is 19.7. The van der Waals surface area contributed by atoms with Gasteiger partial charge in [-0.25, -0.2) is 14.0 Å². The van der Waals surface area contributed by atoms with Crippen LogP contribution in [-0.4, -0.2) is 29.3 Å². The summed E-state index contributed by atoms with van der Waals surface area (Å²) in [5.74, 6) is -2.30. The number of carboxylic acid groups (broad SMARTS) is 2. The van der Waals surface area contributed by atoms with Crippen LogP contribution in [0.5, 0.6) is 5.75 Å². The Kier molecular flexibility index (Phi) is 5.64. The van der Waals surface area contributed by atoms with Gasteiger partial charge in [-0.15, -0.1) is 0 Å². The molecule has 0 saturated heterocycles. The van der Waals surface area contributed by atoms with E-state index in [-0.39, 0.29) is 22.5 Å². The van der Waals surface area contributed by atoms with E-state index in [0.29, 0.717) is 17.1 Å². The summed E-state index contributed by atoms with van der Waals surface area (Å²) in [6.07, 6.45) is 0. The molecule has 0 bridgehead atoms. The minimum Gasteiger partial charge on any atom is -0.497 e. The number of hydrogen-bond donors (Lipinski definition) is 4. The number of nitrogens with one attached hydrogen (secondary N) is 2. The molecular formula is C21H17FN2O5. The number of hydrogen-bond acceptors (Lipinski definition) is 5. The van der Waals surface area contributed by atoms with E-state index in [2.05, 4.69) is 10.6 Å². The molecule has 29 heavy (non-hydrogen) atoms. The lowest BCUT2D eigenvalue weighted by molar-refractivity contribution is 0.0683. The Morgan fingerprint density at radius 3 is 1.59 bits per heavy atom. The van der Waals surface area contributed by atoms with Crippen molar-refractivity contribution in [2.24, 2.45) is 0 Å². The van der Waals surface area contributed by atoms with Crippen molar-refractivity contribution in [1.82, 2.24) is 0 Å². The van der Waals surface area contributed by atoms with E-state index < -0.39 is 17.8 Å². The van der Waals surface area contributed by atoms with Gasteiger partial charge in [0.05, 0.1) is 29.6 Å². The van der Waals surface area contributed by atoms with Gasteiger partial charge in [0.2, 0.25) is 0 Å². The number of carbonyl (C=O) groups is 2. The second-order valence-corrected chi connectivity index (χ2v) is 6.04. The predicted octanol–water partition coefficient (Wildman–Crippen LogP) is 4.72. The Morgan fingerprint density at radius 2 is 1.21 bits per heavy atom. The molecule has 148 valence electrons. The fourth-order valence-corrected chi connectivity index (χ4v) is 2.68. The van der Waals surface area contributed by atoms with Crippen LogP contribution in [0.2, 0.25) is 0 Å². The number of carboxylic acids is 2. The zero-order valence-electron chi connectivity index (χ0n) is 15.3. The molecule has 0 heterocycles. The first-order valence-electron chi connectivity index (χ1n) is 8.45. The lowest BCUT2D eigenvalue weighted by Crippen LogP contribution is -2.09. The summed E-state index contributed by atoms with van der Waals surface area (Å²) in [5, 5.41) is 24.9. The highest BCUT2D eigenvalue weighted by atomic mass is 19.1. The maximum absolute atomic E-state index is 13.1. The van der Waals surface area contributed by atoms with Crippen molar-refractivity contribution in [2.75, 3.05) is 17.7 Å². The quantitative estimate of drug-likeness (QED) is 0.458. The van der Waals surface area contributed by atoms with Crippen molar-refractivity contribution in [3.05, 3.63) is 77.6 Å². The zero-order chi connectivity index (χ0) is 21.0. The summed E-state index contributed by atoms with van der Waals surface area (Å²) >= 11 is 0. The van der Waals surface area contributed by atoms with Crippen LogP contribution in [0.15, 0.2) is 60.7 Å². The van der Waals surface area contributed by atoms with Gasteiger partial charge in [0.15, 0.2) is 0 Å². The molecule has 4 N–H and O–H groups in total. The maximum Gasteiger partial charge on any atom is 0.337 e. The van der Waals surface area contributed by atoms with Crippen molar-refractivity contribution in [3.8, 4) is 5.75 Å². The molecule has 0 atom stereocenters. The normalized spacial score (nSPS) is 10.3. The van der Waals surface area contributed by atoms with Crippen molar-refractivity contribution in [2.45, 2.75) is 0 Å². The Labute approximate surface area is 165 Å². The average molecular weight is 396 g/mol. The molecule has 0 aliphatic carbocycles. The minimum absolute atomic E-state index is 0.0711. The Morgan fingerprint density at radius 1 is 0.793 bits per heavy atom. The maximum atomic E-state index is 13.1. The number of aromatic carboxylic acids is 2. The molecule has 0 aliphatic rings. The first-order chi connectivity index (χ1) is 13.9. The Balaban J connectivity index is 2.01. The van der Waals surface area contributed by atoms with Crippen LogP contribution in [0.25, 0.3) is 0 Å². The van der Waals surface area contributed by atoms with E-state index in [1.54, 1.807) is 24.3 Å². The molecule has 3 rings (SSSR count). The van der Waals surface area contributed by atoms with E-state index in [9.17, 15) is 24.2 Å². The summed E-state index contributed by atoms with van der Waals surface area (Å²) < 4.78 is 18.2. The highest BCUT2D eigenvalue weighted by Gasteiger charge is 2.19. The van der Waals surface area contributed by atoms with E-state index >= 15 is 0 Å². The van der Waals surface area contributed by atoms with Crippen LogP contribution in [0.4, 0.5) is 27.1 Å². The third-order valence-electron chi connectivity index (χ3n) is 4.11. The van der Waals surface area contributed by atoms with Gasteiger partial charge >= 0.3 is 11.9 Å². The van der Waals surface area contributed by atoms with Gasteiger partial charge in [-0.3, -0.25) is 0 Å². The molecule has 8 heteroatoms. The van der Waals surface area contributed by atoms with Gasteiger partial charge in [-0.2, -0.15) is 0 Å². The lowest BCUT2D eigenvalue weighted by Gasteiger charge is -2.16. The van der Waals surface area contributed by atoms with Gasteiger partial charge < -0.3 is 25.6 Å².